The molecule has 18 heavy (non-hydrogen) atoms. The summed E-state index contributed by atoms with van der Waals surface area (Å²) < 4.78 is 28.1. The van der Waals surface area contributed by atoms with Gasteiger partial charge in [-0.15, -0.1) is 0 Å². The van der Waals surface area contributed by atoms with Crippen LogP contribution in [0.5, 0.6) is 0 Å². The van der Waals surface area contributed by atoms with E-state index in [1.165, 1.54) is 12.1 Å². The molecule has 1 heterocycles. The molecule has 0 aliphatic carbocycles. The minimum absolute atomic E-state index is 0.0959. The number of hydrogen-bond donors (Lipinski definition) is 1. The average molecular weight is 254 g/mol. The van der Waals surface area contributed by atoms with Gasteiger partial charge in [0.15, 0.2) is 5.82 Å². The van der Waals surface area contributed by atoms with Crippen molar-refractivity contribution >= 4 is 5.69 Å². The highest BCUT2D eigenvalue weighted by Crippen LogP contribution is 2.29. The summed E-state index contributed by atoms with van der Waals surface area (Å²) in [6.07, 6.45) is 0.957. The highest BCUT2D eigenvalue weighted by molar-refractivity contribution is 5.53. The van der Waals surface area contributed by atoms with Crippen molar-refractivity contribution in [1.29, 1.82) is 0 Å². The Morgan fingerprint density at radius 3 is 2.78 bits per heavy atom. The highest BCUT2D eigenvalue weighted by Gasteiger charge is 2.28. The third-order valence-electron chi connectivity index (χ3n) is 3.69. The maximum Gasteiger partial charge on any atom is 0.152 e. The number of benzene rings is 1. The van der Waals surface area contributed by atoms with Gasteiger partial charge in [0, 0.05) is 25.2 Å². The van der Waals surface area contributed by atoms with Crippen LogP contribution in [0.15, 0.2) is 12.1 Å². The maximum atomic E-state index is 14.1. The molecule has 0 amide bonds. The first-order valence-corrected chi connectivity index (χ1v) is 6.49. The number of hydrogen-bond acceptors (Lipinski definition) is 2. The highest BCUT2D eigenvalue weighted by atomic mass is 19.1. The fourth-order valence-corrected chi connectivity index (χ4v) is 2.42. The lowest BCUT2D eigenvalue weighted by atomic mass is 10.1. The third kappa shape index (κ3) is 2.34. The van der Waals surface area contributed by atoms with Crippen molar-refractivity contribution in [2.75, 3.05) is 18.0 Å². The molecule has 0 aromatic heterocycles. The van der Waals surface area contributed by atoms with E-state index in [9.17, 15) is 8.78 Å². The van der Waals surface area contributed by atoms with Gasteiger partial charge in [-0.1, -0.05) is 13.0 Å². The van der Waals surface area contributed by atoms with Crippen molar-refractivity contribution in [3.8, 4) is 0 Å². The molecule has 1 saturated heterocycles. The van der Waals surface area contributed by atoms with E-state index in [-0.39, 0.29) is 11.7 Å². The molecule has 0 bridgehead atoms. The topological polar surface area (TPSA) is 15.3 Å². The molecular formula is C14H20F2N2. The Hall–Kier alpha value is -1.16. The van der Waals surface area contributed by atoms with Crippen LogP contribution in [-0.4, -0.2) is 25.2 Å². The van der Waals surface area contributed by atoms with E-state index in [1.54, 1.807) is 6.92 Å². The monoisotopic (exact) mass is 254 g/mol. The number of anilines is 1. The summed E-state index contributed by atoms with van der Waals surface area (Å²) in [5.41, 5.74) is 0.618. The van der Waals surface area contributed by atoms with E-state index in [0.29, 0.717) is 18.2 Å². The van der Waals surface area contributed by atoms with Crippen LogP contribution in [0, 0.1) is 18.6 Å². The van der Waals surface area contributed by atoms with Crippen LogP contribution in [0.3, 0.4) is 0 Å². The lowest BCUT2D eigenvalue weighted by Gasteiger charge is -2.40. The molecule has 0 radical (unpaired) electrons. The normalized spacial score (nSPS) is 24.4. The molecule has 2 rings (SSSR count). The van der Waals surface area contributed by atoms with E-state index in [4.69, 9.17) is 0 Å². The van der Waals surface area contributed by atoms with Crippen molar-refractivity contribution in [3.63, 3.8) is 0 Å². The van der Waals surface area contributed by atoms with Crippen molar-refractivity contribution in [3.05, 3.63) is 29.3 Å². The zero-order chi connectivity index (χ0) is 13.3. The summed E-state index contributed by atoms with van der Waals surface area (Å²) in [7, 11) is 0. The Kier molecular flexibility index (Phi) is 3.85. The predicted octanol–water partition coefficient (Wildman–Crippen LogP) is 2.85. The van der Waals surface area contributed by atoms with E-state index in [1.807, 2.05) is 11.8 Å². The first-order valence-electron chi connectivity index (χ1n) is 6.49. The Balaban J connectivity index is 2.37. The van der Waals surface area contributed by atoms with Crippen LogP contribution >= 0.6 is 0 Å². The molecule has 1 aliphatic heterocycles. The van der Waals surface area contributed by atoms with E-state index in [2.05, 4.69) is 12.2 Å². The Bertz CT molecular complexity index is 434. The van der Waals surface area contributed by atoms with Crippen molar-refractivity contribution in [2.45, 2.75) is 39.3 Å². The fraction of sp³-hybridized carbons (Fsp3) is 0.571. The largest absolute Gasteiger partial charge is 0.361 e. The number of piperazine rings is 1. The van der Waals surface area contributed by atoms with Crippen LogP contribution in [-0.2, 0) is 0 Å². The van der Waals surface area contributed by atoms with E-state index < -0.39 is 11.6 Å². The van der Waals surface area contributed by atoms with Crippen LogP contribution < -0.4 is 10.2 Å². The molecule has 4 heteroatoms. The zero-order valence-corrected chi connectivity index (χ0v) is 11.1. The number of halogens is 2. The van der Waals surface area contributed by atoms with Crippen LogP contribution in [0.25, 0.3) is 0 Å². The first kappa shape index (κ1) is 13.3. The van der Waals surface area contributed by atoms with Gasteiger partial charge in [0.1, 0.15) is 11.5 Å². The summed E-state index contributed by atoms with van der Waals surface area (Å²) >= 11 is 0. The van der Waals surface area contributed by atoms with Gasteiger partial charge in [-0.25, -0.2) is 8.78 Å². The Morgan fingerprint density at radius 1 is 1.39 bits per heavy atom. The lowest BCUT2D eigenvalue weighted by molar-refractivity contribution is 0.389. The molecule has 2 nitrogen and oxygen atoms in total. The maximum absolute atomic E-state index is 14.1. The van der Waals surface area contributed by atoms with Gasteiger partial charge in [0.05, 0.1) is 0 Å². The quantitative estimate of drug-likeness (QED) is 0.873. The molecule has 1 aliphatic rings. The van der Waals surface area contributed by atoms with Crippen LogP contribution in [0.4, 0.5) is 14.5 Å². The van der Waals surface area contributed by atoms with Crippen molar-refractivity contribution in [2.24, 2.45) is 0 Å². The second kappa shape index (κ2) is 5.22. The van der Waals surface area contributed by atoms with Gasteiger partial charge in [-0.05, 0) is 31.9 Å². The fourth-order valence-electron chi connectivity index (χ4n) is 2.42. The zero-order valence-electron chi connectivity index (χ0n) is 11.1. The SMILES string of the molecule is CCC1CN(c2c(F)ccc(C)c2F)C(C)CN1. The lowest BCUT2D eigenvalue weighted by Crippen LogP contribution is -2.55. The van der Waals surface area contributed by atoms with Gasteiger partial charge < -0.3 is 10.2 Å². The number of rotatable bonds is 2. The summed E-state index contributed by atoms with van der Waals surface area (Å²) in [6, 6.07) is 3.22. The van der Waals surface area contributed by atoms with Crippen LogP contribution in [0.1, 0.15) is 25.8 Å². The average Bonchev–Trinajstić information content (AvgIpc) is 2.36. The smallest absolute Gasteiger partial charge is 0.152 e. The van der Waals surface area contributed by atoms with Gasteiger partial charge in [-0.2, -0.15) is 0 Å². The second-order valence-electron chi connectivity index (χ2n) is 5.04. The summed E-state index contributed by atoms with van der Waals surface area (Å²) in [6.45, 7) is 7.14. The summed E-state index contributed by atoms with van der Waals surface area (Å²) in [5.74, 6) is -0.902. The molecule has 1 aromatic rings. The molecule has 0 saturated carbocycles. The standard InChI is InChI=1S/C14H20F2N2/c1-4-11-8-18(10(3)7-17-11)14-12(15)6-5-9(2)13(14)16/h5-6,10-11,17H,4,7-8H2,1-3H3. The van der Waals surface area contributed by atoms with Crippen molar-refractivity contribution < 1.29 is 8.78 Å². The third-order valence-corrected chi connectivity index (χ3v) is 3.69. The Morgan fingerprint density at radius 2 is 2.11 bits per heavy atom. The second-order valence-corrected chi connectivity index (χ2v) is 5.04. The summed E-state index contributed by atoms with van der Waals surface area (Å²) in [4.78, 5) is 1.85. The van der Waals surface area contributed by atoms with Gasteiger partial charge in [0.2, 0.25) is 0 Å². The summed E-state index contributed by atoms with van der Waals surface area (Å²) in [5, 5.41) is 3.39. The molecule has 1 fully saturated rings. The van der Waals surface area contributed by atoms with E-state index >= 15 is 0 Å². The van der Waals surface area contributed by atoms with Crippen molar-refractivity contribution in [1.82, 2.24) is 5.32 Å². The van der Waals surface area contributed by atoms with Crippen LogP contribution in [0.2, 0.25) is 0 Å². The molecule has 100 valence electrons. The molecule has 2 unspecified atom stereocenters. The van der Waals surface area contributed by atoms with E-state index in [0.717, 1.165) is 13.0 Å². The first-order chi connectivity index (χ1) is 8.54. The Labute approximate surface area is 107 Å². The number of nitrogens with zero attached hydrogens (tertiary/aromatic N) is 1. The minimum Gasteiger partial charge on any atom is -0.361 e. The molecule has 1 aromatic carbocycles. The van der Waals surface area contributed by atoms with Gasteiger partial charge in [-0.3, -0.25) is 0 Å². The predicted molar refractivity (Wildman–Crippen MR) is 70.0 cm³/mol. The molecular weight excluding hydrogens is 234 g/mol. The van der Waals surface area contributed by atoms with Gasteiger partial charge in [0.25, 0.3) is 0 Å². The number of aryl methyl sites for hydroxylation is 1. The van der Waals surface area contributed by atoms with Gasteiger partial charge >= 0.3 is 0 Å². The molecule has 0 spiro atoms. The molecule has 1 N–H and O–H groups in total. The molecule has 2 atom stereocenters. The number of nitrogens with one attached hydrogen (secondary N) is 1. The minimum atomic E-state index is -0.471.